The molecule has 0 bridgehead atoms. The van der Waals surface area contributed by atoms with Crippen LogP contribution in [0, 0.1) is 0 Å². The first-order valence-corrected chi connectivity index (χ1v) is 10.6. The van der Waals surface area contributed by atoms with E-state index in [1.807, 2.05) is 0 Å². The van der Waals surface area contributed by atoms with E-state index in [-0.39, 0.29) is 11.5 Å². The van der Waals surface area contributed by atoms with Gasteiger partial charge in [0.2, 0.25) is 0 Å². The normalized spacial score (nSPS) is 18.6. The molecule has 0 unspecified atom stereocenters. The molecular formula is C14H30N4O4S2. The first-order chi connectivity index (χ1) is 11.4. The third-order valence-electron chi connectivity index (χ3n) is 3.13. The van der Waals surface area contributed by atoms with Crippen molar-refractivity contribution in [2.45, 2.75) is 37.8 Å². The quantitative estimate of drug-likeness (QED) is 0.261. The molecule has 0 amide bonds. The Morgan fingerprint density at radius 1 is 0.792 bits per heavy atom. The SMILES string of the molecule is C1CCNC1.C1CCNC1.N[C@@H](CSSC[C@H](N)C(=O)O)C(=O)O. The molecule has 2 aliphatic rings. The summed E-state index contributed by atoms with van der Waals surface area (Å²) in [7, 11) is 2.41. The van der Waals surface area contributed by atoms with Crippen molar-refractivity contribution in [3.05, 3.63) is 0 Å². The lowest BCUT2D eigenvalue weighted by atomic mass is 10.4. The number of carboxylic acids is 2. The minimum absolute atomic E-state index is 0.229. The van der Waals surface area contributed by atoms with Crippen LogP contribution in [-0.2, 0) is 9.59 Å². The molecule has 8 N–H and O–H groups in total. The molecule has 2 aliphatic heterocycles. The molecule has 10 heteroatoms. The summed E-state index contributed by atoms with van der Waals surface area (Å²) in [6, 6.07) is -1.85. The Hall–Kier alpha value is -0.520. The number of nitrogens with one attached hydrogen (secondary N) is 2. The molecule has 0 aliphatic carbocycles. The smallest absolute Gasteiger partial charge is 0.321 e. The highest BCUT2D eigenvalue weighted by molar-refractivity contribution is 8.76. The Kier molecular flexibility index (Phi) is 15.6. The van der Waals surface area contributed by atoms with E-state index in [0.29, 0.717) is 0 Å². The Balaban J connectivity index is 0.000000420. The summed E-state index contributed by atoms with van der Waals surface area (Å²) in [5, 5.41) is 23.3. The average molecular weight is 383 g/mol. The van der Waals surface area contributed by atoms with E-state index in [4.69, 9.17) is 21.7 Å². The second-order valence-corrected chi connectivity index (χ2v) is 7.92. The number of aliphatic carboxylic acids is 2. The maximum atomic E-state index is 10.3. The molecule has 0 aromatic rings. The zero-order valence-corrected chi connectivity index (χ0v) is 15.5. The van der Waals surface area contributed by atoms with Gasteiger partial charge in [-0.1, -0.05) is 21.6 Å². The van der Waals surface area contributed by atoms with Gasteiger partial charge in [-0.15, -0.1) is 0 Å². The molecule has 8 nitrogen and oxygen atoms in total. The minimum atomic E-state index is -1.07. The second kappa shape index (κ2) is 16.0. The van der Waals surface area contributed by atoms with E-state index in [2.05, 4.69) is 10.6 Å². The van der Waals surface area contributed by atoms with Crippen LogP contribution in [0.2, 0.25) is 0 Å². The lowest BCUT2D eigenvalue weighted by Crippen LogP contribution is -2.33. The maximum absolute atomic E-state index is 10.3. The van der Waals surface area contributed by atoms with Gasteiger partial charge < -0.3 is 32.3 Å². The summed E-state index contributed by atoms with van der Waals surface area (Å²) < 4.78 is 0. The van der Waals surface area contributed by atoms with Crippen LogP contribution < -0.4 is 22.1 Å². The van der Waals surface area contributed by atoms with Crippen LogP contribution >= 0.6 is 21.6 Å². The van der Waals surface area contributed by atoms with Crippen LogP contribution in [0.15, 0.2) is 0 Å². The van der Waals surface area contributed by atoms with E-state index >= 15 is 0 Å². The molecule has 0 radical (unpaired) electrons. The van der Waals surface area contributed by atoms with E-state index in [9.17, 15) is 9.59 Å². The molecule has 2 fully saturated rings. The first kappa shape index (κ1) is 23.5. The monoisotopic (exact) mass is 382 g/mol. The molecule has 2 atom stereocenters. The highest BCUT2D eigenvalue weighted by Gasteiger charge is 2.14. The third-order valence-corrected chi connectivity index (χ3v) is 5.60. The summed E-state index contributed by atoms with van der Waals surface area (Å²) in [5.74, 6) is -1.68. The van der Waals surface area contributed by atoms with Gasteiger partial charge in [-0.2, -0.15) is 0 Å². The molecule has 0 spiro atoms. The zero-order chi connectivity index (χ0) is 18.2. The predicted octanol–water partition coefficient (Wildman–Crippen LogP) is -0.0688. The van der Waals surface area contributed by atoms with Gasteiger partial charge in [-0.05, 0) is 51.9 Å². The van der Waals surface area contributed by atoms with E-state index in [0.717, 1.165) is 0 Å². The minimum Gasteiger partial charge on any atom is -0.480 e. The van der Waals surface area contributed by atoms with Gasteiger partial charge in [0.05, 0.1) is 0 Å². The van der Waals surface area contributed by atoms with Crippen LogP contribution in [-0.4, -0.2) is 71.9 Å². The molecule has 0 saturated carbocycles. The maximum Gasteiger partial charge on any atom is 0.321 e. The van der Waals surface area contributed by atoms with Gasteiger partial charge in [0.15, 0.2) is 0 Å². The van der Waals surface area contributed by atoms with Crippen molar-refractivity contribution in [1.29, 1.82) is 0 Å². The highest BCUT2D eigenvalue weighted by Crippen LogP contribution is 2.22. The van der Waals surface area contributed by atoms with Gasteiger partial charge in [-0.25, -0.2) is 0 Å². The Labute approximate surface area is 151 Å². The fourth-order valence-electron chi connectivity index (χ4n) is 1.64. The lowest BCUT2D eigenvalue weighted by molar-refractivity contribution is -0.138. The number of nitrogens with two attached hydrogens (primary N) is 2. The number of rotatable bonds is 7. The largest absolute Gasteiger partial charge is 0.480 e. The fraction of sp³-hybridized carbons (Fsp3) is 0.857. The summed E-state index contributed by atoms with van der Waals surface area (Å²) in [6.45, 7) is 5.00. The Morgan fingerprint density at radius 3 is 1.25 bits per heavy atom. The molecule has 2 saturated heterocycles. The zero-order valence-electron chi connectivity index (χ0n) is 13.9. The van der Waals surface area contributed by atoms with Gasteiger partial charge in [-0.3, -0.25) is 9.59 Å². The second-order valence-electron chi connectivity index (χ2n) is 5.37. The highest BCUT2D eigenvalue weighted by atomic mass is 33.1. The third kappa shape index (κ3) is 15.0. The van der Waals surface area contributed by atoms with E-state index < -0.39 is 24.0 Å². The van der Waals surface area contributed by atoms with Crippen molar-refractivity contribution in [2.24, 2.45) is 11.5 Å². The Bertz CT molecular complexity index is 296. The summed E-state index contributed by atoms with van der Waals surface area (Å²) in [6.07, 6.45) is 5.56. The van der Waals surface area contributed by atoms with Crippen molar-refractivity contribution in [2.75, 3.05) is 37.7 Å². The van der Waals surface area contributed by atoms with E-state index in [1.54, 1.807) is 0 Å². The Morgan fingerprint density at radius 2 is 1.08 bits per heavy atom. The number of carbonyl (C=O) groups is 2. The molecule has 24 heavy (non-hydrogen) atoms. The van der Waals surface area contributed by atoms with Crippen LogP contribution in [0.3, 0.4) is 0 Å². The van der Waals surface area contributed by atoms with Crippen molar-refractivity contribution in [3.8, 4) is 0 Å². The summed E-state index contributed by atoms with van der Waals surface area (Å²) >= 11 is 0. The lowest BCUT2D eigenvalue weighted by Gasteiger charge is -2.07. The molecule has 0 aromatic heterocycles. The molecular weight excluding hydrogens is 352 g/mol. The molecule has 2 rings (SSSR count). The molecule has 0 aromatic carbocycles. The summed E-state index contributed by atoms with van der Waals surface area (Å²) in [5.41, 5.74) is 10.4. The van der Waals surface area contributed by atoms with Gasteiger partial charge in [0.1, 0.15) is 12.1 Å². The van der Waals surface area contributed by atoms with Crippen LogP contribution in [0.4, 0.5) is 0 Å². The van der Waals surface area contributed by atoms with Crippen LogP contribution in [0.1, 0.15) is 25.7 Å². The average Bonchev–Trinajstić information content (AvgIpc) is 3.29. The number of hydrogen-bond acceptors (Lipinski definition) is 8. The first-order valence-electron chi connectivity index (χ1n) is 8.07. The van der Waals surface area contributed by atoms with E-state index in [1.165, 1.54) is 73.5 Å². The number of hydrogen-bond donors (Lipinski definition) is 6. The van der Waals surface area contributed by atoms with Crippen molar-refractivity contribution in [3.63, 3.8) is 0 Å². The summed E-state index contributed by atoms with van der Waals surface area (Å²) in [4.78, 5) is 20.5. The standard InChI is InChI=1S/C6H12N2O4S2.2C4H9N/c7-3(5(9)10)1-13-14-2-4(8)6(11)12;2*1-2-4-5-3-1/h3-4H,1-2,7-8H2,(H,9,10)(H,11,12);2*5H,1-4H2/t3-,4-;;/m0../s1. The van der Waals surface area contributed by atoms with Crippen LogP contribution in [0.5, 0.6) is 0 Å². The number of carboxylic acid groups (broad SMARTS) is 2. The fourth-order valence-corrected chi connectivity index (χ4v) is 3.86. The van der Waals surface area contributed by atoms with Crippen molar-refractivity contribution >= 4 is 33.5 Å². The van der Waals surface area contributed by atoms with Crippen molar-refractivity contribution < 1.29 is 19.8 Å². The van der Waals surface area contributed by atoms with Gasteiger partial charge in [0, 0.05) is 11.5 Å². The topological polar surface area (TPSA) is 151 Å². The van der Waals surface area contributed by atoms with Gasteiger partial charge >= 0.3 is 11.9 Å². The molecule has 142 valence electrons. The molecule has 2 heterocycles. The van der Waals surface area contributed by atoms with Crippen molar-refractivity contribution in [1.82, 2.24) is 10.6 Å². The predicted molar refractivity (Wildman–Crippen MR) is 100 cm³/mol. The van der Waals surface area contributed by atoms with Gasteiger partial charge in [0.25, 0.3) is 0 Å². The van der Waals surface area contributed by atoms with Crippen LogP contribution in [0.25, 0.3) is 0 Å².